The van der Waals surface area contributed by atoms with Crippen molar-refractivity contribution in [2.24, 2.45) is 0 Å². The molecule has 0 atom stereocenters. The zero-order valence-electron chi connectivity index (χ0n) is 10.9. The maximum atomic E-state index is 11.5. The summed E-state index contributed by atoms with van der Waals surface area (Å²) in [6.07, 6.45) is 0. The second-order valence-corrected chi connectivity index (χ2v) is 5.87. The molecule has 0 unspecified atom stereocenters. The van der Waals surface area contributed by atoms with Crippen LogP contribution in [-0.2, 0) is 15.3 Å². The van der Waals surface area contributed by atoms with Crippen LogP contribution in [0.2, 0.25) is 0 Å². The molecule has 0 spiro atoms. The van der Waals surface area contributed by atoms with Gasteiger partial charge >= 0.3 is 5.97 Å². The minimum atomic E-state index is -0.425. The molecule has 0 amide bonds. The summed E-state index contributed by atoms with van der Waals surface area (Å²) in [6.45, 7) is 5.57. The van der Waals surface area contributed by atoms with E-state index in [1.165, 1.54) is 11.8 Å². The average molecular weight is 263 g/mol. The van der Waals surface area contributed by atoms with E-state index in [0.717, 1.165) is 11.3 Å². The third-order valence-corrected chi connectivity index (χ3v) is 2.97. The number of ether oxygens (including phenoxy) is 1. The van der Waals surface area contributed by atoms with Crippen LogP contribution in [-0.4, -0.2) is 17.3 Å². The van der Waals surface area contributed by atoms with Crippen LogP contribution >= 0.6 is 11.8 Å². The number of carbonyl (C=O) groups excluding carboxylic acids is 1. The molecule has 0 bridgehead atoms. The van der Waals surface area contributed by atoms with Crippen molar-refractivity contribution >= 4 is 17.7 Å². The molecule has 0 aliphatic heterocycles. The number of nitriles is 1. The van der Waals surface area contributed by atoms with Crippen LogP contribution in [0, 0.1) is 11.3 Å². The summed E-state index contributed by atoms with van der Waals surface area (Å²) < 4.78 is 5.21. The van der Waals surface area contributed by atoms with Crippen molar-refractivity contribution in [3.63, 3.8) is 0 Å². The van der Waals surface area contributed by atoms with E-state index in [2.05, 4.69) is 6.07 Å². The van der Waals surface area contributed by atoms with Gasteiger partial charge in [-0.05, 0) is 38.5 Å². The van der Waals surface area contributed by atoms with E-state index in [9.17, 15) is 4.79 Å². The fraction of sp³-hybridized carbons (Fsp3) is 0.429. The van der Waals surface area contributed by atoms with Crippen molar-refractivity contribution in [1.82, 2.24) is 0 Å². The smallest absolute Gasteiger partial charge is 0.316 e. The molecular formula is C14H17NO2S. The van der Waals surface area contributed by atoms with Crippen LogP contribution in [0.15, 0.2) is 24.3 Å². The summed E-state index contributed by atoms with van der Waals surface area (Å²) in [5.41, 5.74) is 1.32. The van der Waals surface area contributed by atoms with Crippen molar-refractivity contribution in [2.45, 2.75) is 32.1 Å². The molecule has 0 aliphatic rings. The Bertz CT molecular complexity index is 440. The van der Waals surface area contributed by atoms with Crippen LogP contribution in [0.3, 0.4) is 0 Å². The van der Waals surface area contributed by atoms with Crippen molar-refractivity contribution in [2.75, 3.05) is 5.75 Å². The first-order valence-electron chi connectivity index (χ1n) is 5.69. The van der Waals surface area contributed by atoms with Crippen LogP contribution < -0.4 is 0 Å². The van der Waals surface area contributed by atoms with Gasteiger partial charge in [-0.15, -0.1) is 11.8 Å². The SMILES string of the molecule is CC(C)(C)OC(=O)CSCc1ccc(C#N)cc1. The zero-order chi connectivity index (χ0) is 13.6. The quantitative estimate of drug-likeness (QED) is 0.783. The Kier molecular flexibility index (Phi) is 5.24. The first kappa shape index (κ1) is 14.6. The molecule has 1 rings (SSSR count). The Morgan fingerprint density at radius 1 is 1.33 bits per heavy atom. The number of esters is 1. The highest BCUT2D eigenvalue weighted by atomic mass is 32.2. The van der Waals surface area contributed by atoms with Gasteiger partial charge in [-0.3, -0.25) is 4.79 Å². The van der Waals surface area contributed by atoms with Gasteiger partial charge in [-0.2, -0.15) is 5.26 Å². The lowest BCUT2D eigenvalue weighted by molar-refractivity contribution is -0.151. The standard InChI is InChI=1S/C14H17NO2S/c1-14(2,3)17-13(16)10-18-9-12-6-4-11(8-15)5-7-12/h4-7H,9-10H2,1-3H3. The summed E-state index contributed by atoms with van der Waals surface area (Å²) in [4.78, 5) is 11.5. The van der Waals surface area contributed by atoms with Gasteiger partial charge in [0.05, 0.1) is 17.4 Å². The molecule has 18 heavy (non-hydrogen) atoms. The molecule has 96 valence electrons. The second kappa shape index (κ2) is 6.46. The lowest BCUT2D eigenvalue weighted by Crippen LogP contribution is -2.24. The first-order chi connectivity index (χ1) is 8.40. The van der Waals surface area contributed by atoms with Gasteiger partial charge in [0.1, 0.15) is 5.60 Å². The van der Waals surface area contributed by atoms with Crippen LogP contribution in [0.4, 0.5) is 0 Å². The molecule has 0 saturated heterocycles. The summed E-state index contributed by atoms with van der Waals surface area (Å²) in [6, 6.07) is 9.44. The Labute approximate surface area is 112 Å². The topological polar surface area (TPSA) is 50.1 Å². The zero-order valence-corrected chi connectivity index (χ0v) is 11.7. The van der Waals surface area contributed by atoms with E-state index in [-0.39, 0.29) is 5.97 Å². The summed E-state index contributed by atoms with van der Waals surface area (Å²) in [7, 11) is 0. The maximum Gasteiger partial charge on any atom is 0.316 e. The number of hydrogen-bond donors (Lipinski definition) is 0. The molecule has 0 fully saturated rings. The van der Waals surface area contributed by atoms with Crippen molar-refractivity contribution in [3.05, 3.63) is 35.4 Å². The molecule has 0 aromatic heterocycles. The Balaban J connectivity index is 2.33. The van der Waals surface area contributed by atoms with E-state index in [4.69, 9.17) is 10.00 Å². The van der Waals surface area contributed by atoms with Gasteiger partial charge in [0, 0.05) is 5.75 Å². The Morgan fingerprint density at radius 2 is 1.94 bits per heavy atom. The van der Waals surface area contributed by atoms with Gasteiger partial charge in [-0.1, -0.05) is 12.1 Å². The molecule has 0 saturated carbocycles. The monoisotopic (exact) mass is 263 g/mol. The Hall–Kier alpha value is -1.47. The molecule has 0 N–H and O–H groups in total. The van der Waals surface area contributed by atoms with Gasteiger partial charge in [0.2, 0.25) is 0 Å². The van der Waals surface area contributed by atoms with E-state index >= 15 is 0 Å². The molecule has 1 aromatic rings. The molecule has 4 heteroatoms. The second-order valence-electron chi connectivity index (χ2n) is 4.89. The van der Waals surface area contributed by atoms with Gasteiger partial charge in [0.25, 0.3) is 0 Å². The third-order valence-electron chi connectivity index (χ3n) is 1.99. The van der Waals surface area contributed by atoms with Crippen molar-refractivity contribution in [1.29, 1.82) is 5.26 Å². The molecule has 3 nitrogen and oxygen atoms in total. The predicted octanol–water partition coefficient (Wildman–Crippen LogP) is 3.13. The highest BCUT2D eigenvalue weighted by molar-refractivity contribution is 7.99. The number of benzene rings is 1. The van der Waals surface area contributed by atoms with E-state index in [1.54, 1.807) is 12.1 Å². The molecule has 0 radical (unpaired) electrons. The van der Waals surface area contributed by atoms with Crippen LogP contribution in [0.25, 0.3) is 0 Å². The lowest BCUT2D eigenvalue weighted by atomic mass is 10.2. The largest absolute Gasteiger partial charge is 0.459 e. The van der Waals surface area contributed by atoms with Crippen LogP contribution in [0.5, 0.6) is 0 Å². The number of carbonyl (C=O) groups is 1. The predicted molar refractivity (Wildman–Crippen MR) is 73.2 cm³/mol. The molecule has 0 aliphatic carbocycles. The lowest BCUT2D eigenvalue weighted by Gasteiger charge is -2.19. The minimum Gasteiger partial charge on any atom is -0.459 e. The van der Waals surface area contributed by atoms with E-state index in [0.29, 0.717) is 11.3 Å². The third kappa shape index (κ3) is 5.74. The average Bonchev–Trinajstić information content (AvgIpc) is 2.27. The number of thioether (sulfide) groups is 1. The van der Waals surface area contributed by atoms with Gasteiger partial charge in [0.15, 0.2) is 0 Å². The Morgan fingerprint density at radius 3 is 2.44 bits per heavy atom. The minimum absolute atomic E-state index is 0.193. The molecular weight excluding hydrogens is 246 g/mol. The highest BCUT2D eigenvalue weighted by Gasteiger charge is 2.15. The van der Waals surface area contributed by atoms with Gasteiger partial charge < -0.3 is 4.74 Å². The first-order valence-corrected chi connectivity index (χ1v) is 6.85. The maximum absolute atomic E-state index is 11.5. The fourth-order valence-corrected chi connectivity index (χ4v) is 2.05. The summed E-state index contributed by atoms with van der Waals surface area (Å²) >= 11 is 1.51. The normalized spacial score (nSPS) is 10.8. The van der Waals surface area contributed by atoms with Crippen molar-refractivity contribution in [3.8, 4) is 6.07 Å². The molecule has 1 aromatic carbocycles. The fourth-order valence-electron chi connectivity index (χ4n) is 1.30. The number of rotatable bonds is 4. The van der Waals surface area contributed by atoms with Crippen molar-refractivity contribution < 1.29 is 9.53 Å². The number of hydrogen-bond acceptors (Lipinski definition) is 4. The number of nitrogens with zero attached hydrogens (tertiary/aromatic N) is 1. The highest BCUT2D eigenvalue weighted by Crippen LogP contribution is 2.15. The van der Waals surface area contributed by atoms with E-state index < -0.39 is 5.60 Å². The molecule has 0 heterocycles. The van der Waals surface area contributed by atoms with Gasteiger partial charge in [-0.25, -0.2) is 0 Å². The summed E-state index contributed by atoms with van der Waals surface area (Å²) in [5, 5.41) is 8.67. The van der Waals surface area contributed by atoms with E-state index in [1.807, 2.05) is 32.9 Å². The summed E-state index contributed by atoms with van der Waals surface area (Å²) in [5.74, 6) is 0.892. The van der Waals surface area contributed by atoms with Crippen LogP contribution in [0.1, 0.15) is 31.9 Å².